The standard InChI is InChI=1S/C35H39N5O5/c1-43-35(42)40-33(32(24-10-4-2-5-11-24)25-12-6-3-7-13-25)34(41)39-31-16-9-19-38-30(31)18-17-28-21-37-22-29(45-28)23-44-27-15-8-14-26(36)20-27/h2-16,19-20,28-29,32-33,37H,17-18,21-23,36H2,1H3,(H,39,41)(H,40,42)/t28-,29+,33+/m1/s1. The van der Waals surface area contributed by atoms with E-state index >= 15 is 0 Å². The molecule has 1 saturated heterocycles. The van der Waals surface area contributed by atoms with E-state index in [0.717, 1.165) is 16.8 Å². The molecule has 2 heterocycles. The Kier molecular flexibility index (Phi) is 11.0. The van der Waals surface area contributed by atoms with Crippen LogP contribution in [0.1, 0.15) is 29.2 Å². The summed E-state index contributed by atoms with van der Waals surface area (Å²) in [4.78, 5) is 31.1. The molecule has 234 valence electrons. The van der Waals surface area contributed by atoms with E-state index in [2.05, 4.69) is 20.9 Å². The van der Waals surface area contributed by atoms with Gasteiger partial charge in [0.2, 0.25) is 5.91 Å². The Morgan fingerprint density at radius 2 is 1.67 bits per heavy atom. The van der Waals surface area contributed by atoms with Crippen LogP contribution in [0.25, 0.3) is 0 Å². The van der Waals surface area contributed by atoms with Crippen LogP contribution in [0.4, 0.5) is 16.2 Å². The van der Waals surface area contributed by atoms with Crippen molar-refractivity contribution >= 4 is 23.4 Å². The number of morpholine rings is 1. The molecule has 4 aromatic rings. The van der Waals surface area contributed by atoms with Gasteiger partial charge in [0.25, 0.3) is 0 Å². The summed E-state index contributed by atoms with van der Waals surface area (Å²) in [7, 11) is 1.28. The monoisotopic (exact) mass is 609 g/mol. The van der Waals surface area contributed by atoms with Crippen LogP contribution in [-0.4, -0.2) is 62.0 Å². The van der Waals surface area contributed by atoms with Gasteiger partial charge in [0.05, 0.1) is 24.6 Å². The van der Waals surface area contributed by atoms with Gasteiger partial charge in [-0.05, 0) is 48.2 Å². The largest absolute Gasteiger partial charge is 0.491 e. The predicted molar refractivity (Wildman–Crippen MR) is 173 cm³/mol. The predicted octanol–water partition coefficient (Wildman–Crippen LogP) is 4.53. The molecule has 3 aromatic carbocycles. The quantitative estimate of drug-likeness (QED) is 0.172. The van der Waals surface area contributed by atoms with E-state index in [0.29, 0.717) is 49.7 Å². The van der Waals surface area contributed by atoms with Crippen molar-refractivity contribution in [1.82, 2.24) is 15.6 Å². The summed E-state index contributed by atoms with van der Waals surface area (Å²) in [6, 6.07) is 29.2. The Bertz CT molecular complexity index is 1500. The zero-order valence-electron chi connectivity index (χ0n) is 25.2. The van der Waals surface area contributed by atoms with E-state index in [1.165, 1.54) is 7.11 Å². The van der Waals surface area contributed by atoms with E-state index in [9.17, 15) is 9.59 Å². The number of nitrogen functional groups attached to an aromatic ring is 1. The van der Waals surface area contributed by atoms with E-state index in [-0.39, 0.29) is 18.1 Å². The molecule has 0 radical (unpaired) electrons. The van der Waals surface area contributed by atoms with Gasteiger partial charge in [-0.2, -0.15) is 0 Å². The third-order valence-electron chi connectivity index (χ3n) is 7.67. The van der Waals surface area contributed by atoms with Crippen LogP contribution >= 0.6 is 0 Å². The molecule has 0 unspecified atom stereocenters. The number of pyridine rings is 1. The van der Waals surface area contributed by atoms with E-state index in [1.54, 1.807) is 18.3 Å². The Balaban J connectivity index is 1.27. The number of alkyl carbamates (subject to hydrolysis) is 1. The second-order valence-electron chi connectivity index (χ2n) is 10.9. The normalized spacial score (nSPS) is 16.8. The number of methoxy groups -OCH3 is 1. The molecule has 10 nitrogen and oxygen atoms in total. The highest BCUT2D eigenvalue weighted by Crippen LogP contribution is 2.30. The van der Waals surface area contributed by atoms with Crippen LogP contribution in [0, 0.1) is 0 Å². The van der Waals surface area contributed by atoms with Gasteiger partial charge in [0, 0.05) is 37.0 Å². The van der Waals surface area contributed by atoms with Gasteiger partial charge in [-0.25, -0.2) is 4.79 Å². The molecular formula is C35H39N5O5. The number of nitrogens with one attached hydrogen (secondary N) is 3. The first kappa shape index (κ1) is 31.5. The minimum absolute atomic E-state index is 0.0620. The number of aryl methyl sites for hydroxylation is 1. The molecule has 0 aliphatic carbocycles. The molecular weight excluding hydrogens is 570 g/mol. The number of anilines is 2. The van der Waals surface area contributed by atoms with Crippen molar-refractivity contribution in [1.29, 1.82) is 0 Å². The van der Waals surface area contributed by atoms with Gasteiger partial charge in [0.15, 0.2) is 0 Å². The lowest BCUT2D eigenvalue weighted by Crippen LogP contribution is -2.48. The fourth-order valence-electron chi connectivity index (χ4n) is 5.48. The third kappa shape index (κ3) is 8.81. The lowest BCUT2D eigenvalue weighted by molar-refractivity contribution is -0.118. The molecule has 0 bridgehead atoms. The lowest BCUT2D eigenvalue weighted by Gasteiger charge is -2.31. The van der Waals surface area contributed by atoms with Gasteiger partial charge < -0.3 is 35.9 Å². The first-order valence-corrected chi connectivity index (χ1v) is 15.0. The van der Waals surface area contributed by atoms with Crippen LogP contribution in [0.15, 0.2) is 103 Å². The maximum atomic E-state index is 14.0. The summed E-state index contributed by atoms with van der Waals surface area (Å²) in [6.45, 7) is 1.78. The number of nitrogens with two attached hydrogens (primary N) is 1. The number of ether oxygens (including phenoxy) is 3. The summed E-state index contributed by atoms with van der Waals surface area (Å²) in [5, 5.41) is 9.25. The third-order valence-corrected chi connectivity index (χ3v) is 7.67. The SMILES string of the molecule is COC(=O)N[C@H](C(=O)Nc1cccnc1CC[C@@H]1CNC[C@@H](COc2cccc(N)c2)O1)C(c1ccccc1)c1ccccc1. The fraction of sp³-hybridized carbons (Fsp3) is 0.286. The number of nitrogens with zero attached hydrogens (tertiary/aromatic N) is 1. The molecule has 45 heavy (non-hydrogen) atoms. The molecule has 0 saturated carbocycles. The van der Waals surface area contributed by atoms with Gasteiger partial charge in [-0.15, -0.1) is 0 Å². The maximum absolute atomic E-state index is 14.0. The van der Waals surface area contributed by atoms with Crippen LogP contribution < -0.4 is 26.4 Å². The van der Waals surface area contributed by atoms with Gasteiger partial charge in [0.1, 0.15) is 24.5 Å². The van der Waals surface area contributed by atoms with Crippen LogP contribution in [0.3, 0.4) is 0 Å². The van der Waals surface area contributed by atoms with Crippen molar-refractivity contribution in [3.63, 3.8) is 0 Å². The summed E-state index contributed by atoms with van der Waals surface area (Å²) in [6.07, 6.45) is 2.08. The molecule has 5 rings (SSSR count). The highest BCUT2D eigenvalue weighted by Gasteiger charge is 2.33. The number of hydrogen-bond acceptors (Lipinski definition) is 8. The molecule has 2 amide bonds. The van der Waals surface area contributed by atoms with Crippen LogP contribution in [0.5, 0.6) is 5.75 Å². The van der Waals surface area contributed by atoms with Crippen LogP contribution in [0.2, 0.25) is 0 Å². The molecule has 1 aliphatic rings. The van der Waals surface area contributed by atoms with Gasteiger partial charge >= 0.3 is 6.09 Å². The number of aromatic nitrogens is 1. The smallest absolute Gasteiger partial charge is 0.407 e. The van der Waals surface area contributed by atoms with Crippen molar-refractivity contribution < 1.29 is 23.8 Å². The summed E-state index contributed by atoms with van der Waals surface area (Å²) < 4.78 is 17.1. The molecule has 1 aliphatic heterocycles. The zero-order chi connectivity index (χ0) is 31.4. The number of rotatable bonds is 12. The maximum Gasteiger partial charge on any atom is 0.407 e. The number of benzene rings is 3. The molecule has 5 N–H and O–H groups in total. The molecule has 0 spiro atoms. The van der Waals surface area contributed by atoms with Crippen molar-refractivity contribution in [3.05, 3.63) is 120 Å². The Hall–Kier alpha value is -4.93. The number of amides is 2. The number of carbonyl (C=O) groups excluding carboxylic acids is 2. The number of carbonyl (C=O) groups is 2. The Morgan fingerprint density at radius 3 is 2.36 bits per heavy atom. The summed E-state index contributed by atoms with van der Waals surface area (Å²) in [5.74, 6) is -0.155. The van der Waals surface area contributed by atoms with Crippen LogP contribution in [-0.2, 0) is 20.7 Å². The highest BCUT2D eigenvalue weighted by atomic mass is 16.5. The second-order valence-corrected chi connectivity index (χ2v) is 10.9. The van der Waals surface area contributed by atoms with Crippen molar-refractivity contribution in [3.8, 4) is 5.75 Å². The van der Waals surface area contributed by atoms with Crippen molar-refractivity contribution in [2.75, 3.05) is 37.9 Å². The second kappa shape index (κ2) is 15.7. The minimum Gasteiger partial charge on any atom is -0.491 e. The molecule has 3 atom stereocenters. The first-order chi connectivity index (χ1) is 22.0. The average Bonchev–Trinajstić information content (AvgIpc) is 3.08. The van der Waals surface area contributed by atoms with Crippen molar-refractivity contribution in [2.24, 2.45) is 0 Å². The van der Waals surface area contributed by atoms with E-state index in [4.69, 9.17) is 19.9 Å². The summed E-state index contributed by atoms with van der Waals surface area (Å²) in [5.41, 5.74) is 9.56. The topological polar surface area (TPSA) is 137 Å². The van der Waals surface area contributed by atoms with Gasteiger partial charge in [-0.3, -0.25) is 9.78 Å². The lowest BCUT2D eigenvalue weighted by atomic mass is 9.84. The molecule has 1 fully saturated rings. The fourth-order valence-corrected chi connectivity index (χ4v) is 5.48. The Morgan fingerprint density at radius 1 is 0.956 bits per heavy atom. The first-order valence-electron chi connectivity index (χ1n) is 15.0. The van der Waals surface area contributed by atoms with E-state index in [1.807, 2.05) is 84.9 Å². The molecule has 10 heteroatoms. The highest BCUT2D eigenvalue weighted by molar-refractivity contribution is 5.98. The minimum atomic E-state index is -0.970. The van der Waals surface area contributed by atoms with E-state index < -0.39 is 18.1 Å². The molecule has 1 aromatic heterocycles. The van der Waals surface area contributed by atoms with Gasteiger partial charge in [-0.1, -0.05) is 66.7 Å². The Labute approximate surface area is 263 Å². The zero-order valence-corrected chi connectivity index (χ0v) is 25.2. The average molecular weight is 610 g/mol. The summed E-state index contributed by atoms with van der Waals surface area (Å²) >= 11 is 0. The number of hydrogen-bond donors (Lipinski definition) is 4. The van der Waals surface area contributed by atoms with Crippen molar-refractivity contribution in [2.45, 2.75) is 37.0 Å².